The third kappa shape index (κ3) is 3.51. The Balaban J connectivity index is 1.95. The molecule has 1 aliphatic rings. The van der Waals surface area contributed by atoms with E-state index in [0.29, 0.717) is 28.5 Å². The number of aliphatic imine (C=N–C) groups is 1. The molecule has 0 spiro atoms. The summed E-state index contributed by atoms with van der Waals surface area (Å²) in [5, 5.41) is 2.69. The zero-order chi connectivity index (χ0) is 18.7. The van der Waals surface area contributed by atoms with Crippen LogP contribution < -0.4 is 19.5 Å². The Labute approximate surface area is 149 Å². The third-order valence-corrected chi connectivity index (χ3v) is 3.80. The van der Waals surface area contributed by atoms with Crippen LogP contribution in [0.25, 0.3) is 6.08 Å². The van der Waals surface area contributed by atoms with Gasteiger partial charge in [0.25, 0.3) is 5.91 Å². The number of rotatable bonds is 5. The van der Waals surface area contributed by atoms with E-state index in [1.54, 1.807) is 24.3 Å². The van der Waals surface area contributed by atoms with Crippen LogP contribution in [0.2, 0.25) is 0 Å². The van der Waals surface area contributed by atoms with E-state index in [2.05, 4.69) is 10.3 Å². The van der Waals surface area contributed by atoms with Gasteiger partial charge in [-0.1, -0.05) is 6.07 Å². The highest BCUT2D eigenvalue weighted by Crippen LogP contribution is 2.25. The van der Waals surface area contributed by atoms with Crippen molar-refractivity contribution in [2.24, 2.45) is 4.99 Å². The number of carbonyl (C=O) groups excluding carboxylic acids is 1. The smallest absolute Gasteiger partial charge is 0.275 e. The van der Waals surface area contributed by atoms with E-state index in [9.17, 15) is 9.18 Å². The maximum absolute atomic E-state index is 13.8. The molecule has 1 N–H and O–H groups in total. The normalized spacial score (nSPS) is 14.8. The van der Waals surface area contributed by atoms with Crippen LogP contribution >= 0.6 is 0 Å². The summed E-state index contributed by atoms with van der Waals surface area (Å²) in [6.45, 7) is 0. The summed E-state index contributed by atoms with van der Waals surface area (Å²) in [5.41, 5.74) is 1.31. The van der Waals surface area contributed by atoms with Gasteiger partial charge in [-0.05, 0) is 35.9 Å². The SMILES string of the molecule is COc1cc(OC)cc(C2=N/C(=C/c3ccc(OC)c(F)c3)C(=O)N2)c1. The van der Waals surface area contributed by atoms with Gasteiger partial charge < -0.3 is 19.5 Å². The number of nitrogens with zero attached hydrogens (tertiary/aromatic N) is 1. The van der Waals surface area contributed by atoms with E-state index in [4.69, 9.17) is 14.2 Å². The first-order valence-corrected chi connectivity index (χ1v) is 7.72. The number of amides is 1. The molecule has 134 valence electrons. The number of benzene rings is 2. The zero-order valence-corrected chi connectivity index (χ0v) is 14.5. The summed E-state index contributed by atoms with van der Waals surface area (Å²) in [6, 6.07) is 9.60. The lowest BCUT2D eigenvalue weighted by Crippen LogP contribution is -2.24. The minimum Gasteiger partial charge on any atom is -0.497 e. The Hall–Kier alpha value is -3.35. The van der Waals surface area contributed by atoms with E-state index in [0.717, 1.165) is 0 Å². The first kappa shape index (κ1) is 17.5. The van der Waals surface area contributed by atoms with E-state index in [-0.39, 0.29) is 17.4 Å². The molecule has 2 aromatic carbocycles. The Morgan fingerprint density at radius 3 is 2.27 bits per heavy atom. The maximum atomic E-state index is 13.8. The van der Waals surface area contributed by atoms with Crippen molar-refractivity contribution in [3.8, 4) is 17.2 Å². The fourth-order valence-electron chi connectivity index (χ4n) is 2.48. The molecule has 1 amide bonds. The predicted octanol–water partition coefficient (Wildman–Crippen LogP) is 2.77. The van der Waals surface area contributed by atoms with Crippen molar-refractivity contribution < 1.29 is 23.4 Å². The molecular formula is C19H17FN2O4. The van der Waals surface area contributed by atoms with Gasteiger partial charge in [-0.2, -0.15) is 0 Å². The van der Waals surface area contributed by atoms with Gasteiger partial charge in [-0.15, -0.1) is 0 Å². The van der Waals surface area contributed by atoms with Crippen molar-refractivity contribution >= 4 is 17.8 Å². The number of methoxy groups -OCH3 is 3. The highest BCUT2D eigenvalue weighted by molar-refractivity contribution is 6.20. The van der Waals surface area contributed by atoms with Gasteiger partial charge >= 0.3 is 0 Å². The van der Waals surface area contributed by atoms with Crippen molar-refractivity contribution in [1.82, 2.24) is 5.32 Å². The van der Waals surface area contributed by atoms with Crippen LogP contribution in [-0.4, -0.2) is 33.1 Å². The van der Waals surface area contributed by atoms with Gasteiger partial charge in [-0.3, -0.25) is 4.79 Å². The zero-order valence-electron chi connectivity index (χ0n) is 14.5. The predicted molar refractivity (Wildman–Crippen MR) is 95.2 cm³/mol. The second kappa shape index (κ2) is 7.26. The lowest BCUT2D eigenvalue weighted by atomic mass is 10.1. The Kier molecular flexibility index (Phi) is 4.88. The molecule has 0 aromatic heterocycles. The fraction of sp³-hybridized carbons (Fsp3) is 0.158. The molecule has 2 aromatic rings. The van der Waals surface area contributed by atoms with Crippen molar-refractivity contribution in [3.05, 3.63) is 59.0 Å². The number of hydrogen-bond acceptors (Lipinski definition) is 5. The van der Waals surface area contributed by atoms with E-state index in [1.165, 1.54) is 39.5 Å². The van der Waals surface area contributed by atoms with Crippen LogP contribution in [0.1, 0.15) is 11.1 Å². The van der Waals surface area contributed by atoms with E-state index in [1.807, 2.05) is 0 Å². The number of halogens is 1. The number of nitrogens with one attached hydrogen (secondary N) is 1. The van der Waals surface area contributed by atoms with Crippen LogP contribution in [0.5, 0.6) is 17.2 Å². The number of ether oxygens (including phenoxy) is 3. The quantitative estimate of drug-likeness (QED) is 0.837. The van der Waals surface area contributed by atoms with Crippen LogP contribution in [-0.2, 0) is 4.79 Å². The molecule has 0 fully saturated rings. The summed E-state index contributed by atoms with van der Waals surface area (Å²) in [5.74, 6) is 0.764. The summed E-state index contributed by atoms with van der Waals surface area (Å²) >= 11 is 0. The molecule has 1 heterocycles. The Morgan fingerprint density at radius 2 is 1.69 bits per heavy atom. The molecule has 0 saturated heterocycles. The van der Waals surface area contributed by atoms with Crippen molar-refractivity contribution in [2.45, 2.75) is 0 Å². The molecule has 7 heteroatoms. The van der Waals surface area contributed by atoms with Gasteiger partial charge in [0.15, 0.2) is 11.6 Å². The van der Waals surface area contributed by atoms with Crippen molar-refractivity contribution in [2.75, 3.05) is 21.3 Å². The monoisotopic (exact) mass is 356 g/mol. The third-order valence-electron chi connectivity index (χ3n) is 3.80. The molecule has 0 atom stereocenters. The molecule has 0 bridgehead atoms. The second-order valence-electron chi connectivity index (χ2n) is 5.44. The highest BCUT2D eigenvalue weighted by Gasteiger charge is 2.22. The van der Waals surface area contributed by atoms with Crippen LogP contribution in [0, 0.1) is 5.82 Å². The molecule has 0 saturated carbocycles. The molecule has 0 aliphatic carbocycles. The minimum atomic E-state index is -0.512. The standard InChI is InChI=1S/C19H17FN2O4/c1-24-13-8-12(9-14(10-13)25-2)18-21-16(19(23)22-18)7-11-4-5-17(26-3)15(20)6-11/h4-10H,1-3H3,(H,21,22,23)/b16-7+. The summed E-state index contributed by atoms with van der Waals surface area (Å²) in [7, 11) is 4.47. The van der Waals surface area contributed by atoms with Crippen LogP contribution in [0.3, 0.4) is 0 Å². The van der Waals surface area contributed by atoms with Crippen molar-refractivity contribution in [1.29, 1.82) is 0 Å². The molecule has 0 radical (unpaired) electrons. The topological polar surface area (TPSA) is 69.1 Å². The van der Waals surface area contributed by atoms with E-state index < -0.39 is 5.82 Å². The van der Waals surface area contributed by atoms with Gasteiger partial charge in [-0.25, -0.2) is 9.38 Å². The maximum Gasteiger partial charge on any atom is 0.275 e. The fourth-order valence-corrected chi connectivity index (χ4v) is 2.48. The van der Waals surface area contributed by atoms with Gasteiger partial charge in [0, 0.05) is 11.6 Å². The molecule has 1 aliphatic heterocycles. The van der Waals surface area contributed by atoms with Crippen LogP contribution in [0.4, 0.5) is 4.39 Å². The van der Waals surface area contributed by atoms with Gasteiger partial charge in [0.1, 0.15) is 23.0 Å². The number of amidine groups is 1. The summed E-state index contributed by atoms with van der Waals surface area (Å²) in [6.07, 6.45) is 1.50. The first-order chi connectivity index (χ1) is 12.5. The highest BCUT2D eigenvalue weighted by atomic mass is 19.1. The summed E-state index contributed by atoms with van der Waals surface area (Å²) < 4.78 is 29.1. The Morgan fingerprint density at radius 1 is 1.00 bits per heavy atom. The molecule has 0 unspecified atom stereocenters. The lowest BCUT2D eigenvalue weighted by molar-refractivity contribution is -0.115. The van der Waals surface area contributed by atoms with E-state index >= 15 is 0 Å². The Bertz CT molecular complexity index is 900. The number of hydrogen-bond donors (Lipinski definition) is 1. The second-order valence-corrected chi connectivity index (χ2v) is 5.44. The van der Waals surface area contributed by atoms with Crippen molar-refractivity contribution in [3.63, 3.8) is 0 Å². The minimum absolute atomic E-state index is 0.135. The van der Waals surface area contributed by atoms with Gasteiger partial charge in [0.2, 0.25) is 0 Å². The molecular weight excluding hydrogens is 339 g/mol. The lowest BCUT2D eigenvalue weighted by Gasteiger charge is -2.08. The largest absolute Gasteiger partial charge is 0.497 e. The molecule has 3 rings (SSSR count). The van der Waals surface area contributed by atoms with Crippen LogP contribution in [0.15, 0.2) is 47.1 Å². The summed E-state index contributed by atoms with van der Waals surface area (Å²) in [4.78, 5) is 16.5. The average Bonchev–Trinajstić information content (AvgIpc) is 3.02. The van der Waals surface area contributed by atoms with Gasteiger partial charge in [0.05, 0.1) is 21.3 Å². The average molecular weight is 356 g/mol. The molecule has 6 nitrogen and oxygen atoms in total. The molecule has 26 heavy (non-hydrogen) atoms. The number of carbonyl (C=O) groups is 1. The first-order valence-electron chi connectivity index (χ1n) is 7.72.